The number of benzene rings is 2. The lowest BCUT2D eigenvalue weighted by Gasteiger charge is -2.22. The number of rotatable bonds is 9. The van der Waals surface area contributed by atoms with Crippen molar-refractivity contribution < 1.29 is 10.2 Å². The molecule has 4 heterocycles. The first-order valence-corrected chi connectivity index (χ1v) is 15.2. The third-order valence-electron chi connectivity index (χ3n) is 8.86. The van der Waals surface area contributed by atoms with Crippen molar-refractivity contribution in [3.05, 3.63) is 83.9 Å². The monoisotopic (exact) mass is 595 g/mol. The first-order valence-electron chi connectivity index (χ1n) is 15.2. The maximum Gasteiger partial charge on any atom is 0.229 e. The van der Waals surface area contributed by atoms with Gasteiger partial charge in [-0.15, -0.1) is 10.2 Å². The van der Waals surface area contributed by atoms with Crippen molar-refractivity contribution in [3.8, 4) is 0 Å². The van der Waals surface area contributed by atoms with E-state index in [0.29, 0.717) is 54.7 Å². The van der Waals surface area contributed by atoms with Crippen LogP contribution >= 0.6 is 0 Å². The fraction of sp³-hybridized carbons (Fsp3) is 0.419. The second-order valence-electron chi connectivity index (χ2n) is 11.7. The molecule has 1 aliphatic heterocycles. The maximum absolute atomic E-state index is 11.2. The van der Waals surface area contributed by atoms with Crippen LogP contribution in [-0.2, 0) is 6.42 Å². The van der Waals surface area contributed by atoms with Gasteiger partial charge in [0, 0.05) is 38.0 Å². The number of fused-ring (bicyclic) bond motifs is 1. The van der Waals surface area contributed by atoms with Crippen molar-refractivity contribution >= 4 is 22.9 Å². The van der Waals surface area contributed by atoms with E-state index >= 15 is 0 Å². The Labute approximate surface area is 254 Å². The summed E-state index contributed by atoms with van der Waals surface area (Å²) in [6, 6.07) is 19.8. The van der Waals surface area contributed by atoms with Gasteiger partial charge in [0.15, 0.2) is 22.8 Å². The average Bonchev–Trinajstić information content (AvgIpc) is 3.86. The Morgan fingerprint density at radius 3 is 2.32 bits per heavy atom. The number of hydrogen-bond acceptors (Lipinski definition) is 11. The van der Waals surface area contributed by atoms with Gasteiger partial charge < -0.3 is 30.7 Å². The van der Waals surface area contributed by atoms with Crippen LogP contribution < -0.4 is 16.0 Å². The van der Waals surface area contributed by atoms with Gasteiger partial charge >= 0.3 is 0 Å². The molecule has 13 heteroatoms. The van der Waals surface area contributed by atoms with Gasteiger partial charge in [-0.3, -0.25) is 0 Å². The van der Waals surface area contributed by atoms with E-state index < -0.39 is 24.3 Å². The van der Waals surface area contributed by atoms with Gasteiger partial charge in [-0.25, -0.2) is 4.98 Å². The largest absolute Gasteiger partial charge is 0.388 e. The van der Waals surface area contributed by atoms with E-state index in [0.717, 1.165) is 13.0 Å². The predicted molar refractivity (Wildman–Crippen MR) is 165 cm³/mol. The van der Waals surface area contributed by atoms with E-state index in [9.17, 15) is 10.2 Å². The second kappa shape index (κ2) is 11.9. The molecule has 7 rings (SSSR count). The van der Waals surface area contributed by atoms with Crippen LogP contribution in [0.5, 0.6) is 0 Å². The van der Waals surface area contributed by atoms with Crippen LogP contribution in [-0.4, -0.2) is 87.8 Å². The minimum atomic E-state index is -1.08. The Hall–Kier alpha value is -4.46. The highest BCUT2D eigenvalue weighted by molar-refractivity contribution is 5.84. The summed E-state index contributed by atoms with van der Waals surface area (Å²) in [5.41, 5.74) is 9.80. The van der Waals surface area contributed by atoms with Gasteiger partial charge in [0.1, 0.15) is 18.2 Å². The molecule has 5 atom stereocenters. The summed E-state index contributed by atoms with van der Waals surface area (Å²) in [6.45, 7) is 3.93. The molecule has 1 aliphatic carbocycles. The van der Waals surface area contributed by atoms with Crippen molar-refractivity contribution in [2.24, 2.45) is 5.73 Å². The Morgan fingerprint density at radius 1 is 0.977 bits per heavy atom. The summed E-state index contributed by atoms with van der Waals surface area (Å²) in [5.74, 6) is 1.82. The maximum atomic E-state index is 11.2. The molecule has 13 nitrogen and oxygen atoms in total. The normalized spacial score (nSPS) is 23.7. The van der Waals surface area contributed by atoms with Gasteiger partial charge in [0.2, 0.25) is 5.95 Å². The molecule has 44 heavy (non-hydrogen) atoms. The molecular formula is C31H37N11O2. The molecule has 5 aromatic rings. The summed E-state index contributed by atoms with van der Waals surface area (Å²) in [7, 11) is 0. The third-order valence-corrected chi connectivity index (χ3v) is 8.86. The predicted octanol–water partition coefficient (Wildman–Crippen LogP) is 2.06. The van der Waals surface area contributed by atoms with Crippen molar-refractivity contribution in [2.45, 2.75) is 62.4 Å². The van der Waals surface area contributed by atoms with Gasteiger partial charge in [-0.1, -0.05) is 67.6 Å². The number of aliphatic hydroxyl groups excluding tert-OH is 2. The minimum Gasteiger partial charge on any atom is -0.388 e. The van der Waals surface area contributed by atoms with Crippen LogP contribution in [0.2, 0.25) is 0 Å². The van der Waals surface area contributed by atoms with Crippen LogP contribution in [0.4, 0.5) is 11.8 Å². The van der Waals surface area contributed by atoms with Crippen LogP contribution in [0.15, 0.2) is 67.0 Å². The molecule has 0 bridgehead atoms. The Bertz CT molecular complexity index is 1670. The number of aliphatic hydroxyl groups is 2. The van der Waals surface area contributed by atoms with Crippen LogP contribution in [0.25, 0.3) is 11.2 Å². The van der Waals surface area contributed by atoms with Crippen LogP contribution in [0.1, 0.15) is 54.7 Å². The lowest BCUT2D eigenvalue weighted by atomic mass is 9.91. The lowest BCUT2D eigenvalue weighted by molar-refractivity contribution is 0.00473. The first-order chi connectivity index (χ1) is 21.5. The highest BCUT2D eigenvalue weighted by Crippen LogP contribution is 2.40. The number of anilines is 2. The van der Waals surface area contributed by atoms with E-state index in [1.807, 2.05) is 23.6 Å². The molecular weight excluding hydrogens is 558 g/mol. The molecule has 1 saturated heterocycles. The zero-order valence-corrected chi connectivity index (χ0v) is 24.6. The van der Waals surface area contributed by atoms with Crippen molar-refractivity contribution in [2.75, 3.05) is 29.9 Å². The number of nitrogens with one attached hydrogen (secondary N) is 1. The molecule has 0 radical (unpaired) electrons. The number of hydrogen-bond donors (Lipinski definition) is 4. The SMILES string of the molecule is CCc1nnn([C@H]2C[C@@H](n3cnc4c(NCC(c5ccccc5)c5ccccc5)nc(N5CCC(N)C5)nc43)[C@H](O)[C@@H]2O)n1. The Balaban J connectivity index is 1.25. The summed E-state index contributed by atoms with van der Waals surface area (Å²) in [4.78, 5) is 18.1. The van der Waals surface area contributed by atoms with Crippen LogP contribution in [0, 0.1) is 0 Å². The number of nitrogens with two attached hydrogens (primary N) is 1. The van der Waals surface area contributed by atoms with E-state index in [-0.39, 0.29) is 12.0 Å². The zero-order valence-electron chi connectivity index (χ0n) is 24.6. The highest BCUT2D eigenvalue weighted by atomic mass is 16.3. The smallest absolute Gasteiger partial charge is 0.229 e. The zero-order chi connectivity index (χ0) is 30.2. The van der Waals surface area contributed by atoms with Gasteiger partial charge in [-0.2, -0.15) is 14.8 Å². The fourth-order valence-corrected chi connectivity index (χ4v) is 6.41. The molecule has 1 saturated carbocycles. The number of imidazole rings is 1. The molecule has 5 N–H and O–H groups in total. The van der Waals surface area contributed by atoms with Crippen molar-refractivity contribution in [1.82, 2.24) is 39.7 Å². The van der Waals surface area contributed by atoms with Crippen LogP contribution in [0.3, 0.4) is 0 Å². The molecule has 0 spiro atoms. The number of nitrogens with zero attached hydrogens (tertiary/aromatic N) is 9. The molecule has 1 unspecified atom stereocenters. The van der Waals surface area contributed by atoms with E-state index in [1.54, 1.807) is 6.33 Å². The Morgan fingerprint density at radius 2 is 1.68 bits per heavy atom. The lowest BCUT2D eigenvalue weighted by Crippen LogP contribution is -2.31. The standard InChI is InChI=1S/C31H37N11O2/c1-2-25-37-39-42(38-25)24-15-23(27(43)28(24)44)41-18-34-26-29(35-31(36-30(26)41)40-14-13-21(32)17-40)33-16-22(19-9-5-3-6-10-19)20-11-7-4-8-12-20/h3-12,18,21-24,27-28,43-44H,2,13-17,32H2,1H3,(H,33,35,36)/t21?,23-,24+,27+,28-/m1/s1. The molecule has 3 aromatic heterocycles. The molecule has 0 amide bonds. The minimum absolute atomic E-state index is 0.0481. The molecule has 2 aromatic carbocycles. The first kappa shape index (κ1) is 28.3. The third kappa shape index (κ3) is 5.27. The number of aromatic nitrogens is 8. The van der Waals surface area contributed by atoms with Gasteiger partial charge in [0.25, 0.3) is 0 Å². The molecule has 228 valence electrons. The average molecular weight is 596 g/mol. The summed E-state index contributed by atoms with van der Waals surface area (Å²) in [6.07, 6.45) is 1.38. The summed E-state index contributed by atoms with van der Waals surface area (Å²) in [5, 5.41) is 38.4. The second-order valence-corrected chi connectivity index (χ2v) is 11.7. The molecule has 2 fully saturated rings. The van der Waals surface area contributed by atoms with Crippen molar-refractivity contribution in [3.63, 3.8) is 0 Å². The summed E-state index contributed by atoms with van der Waals surface area (Å²) >= 11 is 0. The van der Waals surface area contributed by atoms with E-state index in [4.69, 9.17) is 20.7 Å². The Kier molecular flexibility index (Phi) is 7.66. The van der Waals surface area contributed by atoms with Crippen molar-refractivity contribution in [1.29, 1.82) is 0 Å². The van der Waals surface area contributed by atoms with E-state index in [1.165, 1.54) is 15.9 Å². The topological polar surface area (TPSA) is 169 Å². The van der Waals surface area contributed by atoms with E-state index in [2.05, 4.69) is 74.2 Å². The number of aryl methyl sites for hydroxylation is 1. The number of tetrazole rings is 1. The quantitative estimate of drug-likeness (QED) is 0.197. The fourth-order valence-electron chi connectivity index (χ4n) is 6.41. The van der Waals surface area contributed by atoms with Gasteiger partial charge in [0.05, 0.1) is 12.4 Å². The summed E-state index contributed by atoms with van der Waals surface area (Å²) < 4.78 is 1.85. The highest BCUT2D eigenvalue weighted by Gasteiger charge is 2.45. The van der Waals surface area contributed by atoms with Gasteiger partial charge in [-0.05, 0) is 29.2 Å². The molecule has 2 aliphatic rings.